The SMILES string of the molecule is COc1ccc([N+](=O)[O-])cc1-c1ccc(/C=N/N2C(=O)[C@H]3[C@@H]4C=C[C@H]([C@H]5C[C@H]45)[C@@H]3C2=O)o1. The Morgan fingerprint density at radius 3 is 2.44 bits per heavy atom. The van der Waals surface area contributed by atoms with Crippen molar-refractivity contribution in [2.75, 3.05) is 7.11 Å². The van der Waals surface area contributed by atoms with Gasteiger partial charge < -0.3 is 9.15 Å². The van der Waals surface area contributed by atoms with Crippen LogP contribution in [0.15, 0.2) is 52.0 Å². The molecule has 0 N–H and O–H groups in total. The van der Waals surface area contributed by atoms with Gasteiger partial charge in [-0.3, -0.25) is 19.7 Å². The average molecular weight is 433 g/mol. The lowest BCUT2D eigenvalue weighted by Crippen LogP contribution is -2.40. The van der Waals surface area contributed by atoms with Crippen molar-refractivity contribution in [1.82, 2.24) is 5.01 Å². The monoisotopic (exact) mass is 433 g/mol. The molecule has 32 heavy (non-hydrogen) atoms. The number of benzene rings is 1. The maximum Gasteiger partial charge on any atom is 0.270 e. The third kappa shape index (κ3) is 2.60. The standard InChI is InChI=1S/C23H19N3O6/c1-31-18-6-2-11(26(29)30)8-17(18)19-7-3-12(32-19)10-24-25-22(27)20-13-4-5-14(16-9-15(13)16)21(20)23(25)28/h2-8,10,13-16,20-21H,9H2,1H3/b24-10+/t13-,14-,15-,16-,20+,21+/m1/s1. The van der Waals surface area contributed by atoms with Gasteiger partial charge in [0.2, 0.25) is 0 Å². The molecule has 2 aromatic rings. The first-order valence-electron chi connectivity index (χ1n) is 10.5. The van der Waals surface area contributed by atoms with Crippen LogP contribution in [-0.4, -0.2) is 35.1 Å². The van der Waals surface area contributed by atoms with Crippen molar-refractivity contribution in [3.05, 3.63) is 58.4 Å². The molecule has 7 rings (SSSR count). The lowest BCUT2D eigenvalue weighted by Gasteiger charge is -2.37. The molecular weight excluding hydrogens is 414 g/mol. The van der Waals surface area contributed by atoms with Gasteiger partial charge in [0, 0.05) is 12.1 Å². The smallest absolute Gasteiger partial charge is 0.270 e. The van der Waals surface area contributed by atoms with Crippen molar-refractivity contribution >= 4 is 23.7 Å². The minimum Gasteiger partial charge on any atom is -0.496 e. The minimum absolute atomic E-state index is 0.0930. The fourth-order valence-electron chi connectivity index (χ4n) is 5.74. The number of ether oxygens (including phenoxy) is 1. The van der Waals surface area contributed by atoms with Crippen LogP contribution in [0.25, 0.3) is 11.3 Å². The number of imide groups is 1. The molecule has 0 radical (unpaired) electrons. The van der Waals surface area contributed by atoms with Crippen LogP contribution in [0.1, 0.15) is 12.2 Å². The zero-order valence-corrected chi connectivity index (χ0v) is 17.1. The predicted octanol–water partition coefficient (Wildman–Crippen LogP) is 3.25. The zero-order chi connectivity index (χ0) is 22.1. The number of nitro benzene ring substituents is 1. The zero-order valence-electron chi connectivity index (χ0n) is 17.1. The van der Waals surface area contributed by atoms with E-state index in [1.165, 1.54) is 31.5 Å². The normalized spacial score (nSPS) is 31.8. The molecule has 0 spiro atoms. The van der Waals surface area contributed by atoms with Crippen molar-refractivity contribution in [3.63, 3.8) is 0 Å². The molecule has 6 atom stereocenters. The molecule has 2 bridgehead atoms. The molecule has 3 fully saturated rings. The van der Waals surface area contributed by atoms with E-state index in [1.807, 2.05) is 0 Å². The molecule has 1 aliphatic heterocycles. The highest BCUT2D eigenvalue weighted by Crippen LogP contribution is 2.65. The van der Waals surface area contributed by atoms with Crippen LogP contribution in [0.2, 0.25) is 0 Å². The minimum atomic E-state index is -0.496. The van der Waals surface area contributed by atoms with Crippen LogP contribution in [-0.2, 0) is 9.59 Å². The van der Waals surface area contributed by atoms with Crippen LogP contribution in [0, 0.1) is 45.6 Å². The van der Waals surface area contributed by atoms with Gasteiger partial charge in [0.25, 0.3) is 17.5 Å². The number of hydrogen-bond donors (Lipinski definition) is 0. The lowest BCUT2D eigenvalue weighted by molar-refractivity contribution is -0.384. The van der Waals surface area contributed by atoms with E-state index in [9.17, 15) is 19.7 Å². The third-order valence-electron chi connectivity index (χ3n) is 7.23. The summed E-state index contributed by atoms with van der Waals surface area (Å²) in [6.07, 6.45) is 6.67. The van der Waals surface area contributed by atoms with Crippen LogP contribution in [0.4, 0.5) is 5.69 Å². The van der Waals surface area contributed by atoms with Crippen molar-refractivity contribution < 1.29 is 23.7 Å². The quantitative estimate of drug-likeness (QED) is 0.235. The van der Waals surface area contributed by atoms with E-state index in [0.29, 0.717) is 34.7 Å². The number of hydrazone groups is 1. The maximum absolute atomic E-state index is 13.0. The van der Waals surface area contributed by atoms with Crippen LogP contribution in [0.3, 0.4) is 0 Å². The largest absolute Gasteiger partial charge is 0.496 e. The molecule has 2 heterocycles. The first kappa shape index (κ1) is 19.0. The first-order valence-corrected chi connectivity index (χ1v) is 10.5. The molecule has 2 amide bonds. The van der Waals surface area contributed by atoms with Gasteiger partial charge in [-0.25, -0.2) is 0 Å². The second-order valence-corrected chi connectivity index (χ2v) is 8.73. The van der Waals surface area contributed by atoms with Gasteiger partial charge in [-0.05, 0) is 48.3 Å². The third-order valence-corrected chi connectivity index (χ3v) is 7.23. The van der Waals surface area contributed by atoms with E-state index in [4.69, 9.17) is 9.15 Å². The molecule has 1 saturated heterocycles. The number of furan rings is 1. The van der Waals surface area contributed by atoms with Gasteiger partial charge in [-0.15, -0.1) is 0 Å². The van der Waals surface area contributed by atoms with E-state index in [2.05, 4.69) is 17.3 Å². The van der Waals surface area contributed by atoms with Crippen molar-refractivity contribution in [2.24, 2.45) is 40.6 Å². The van der Waals surface area contributed by atoms with E-state index in [1.54, 1.807) is 12.1 Å². The van der Waals surface area contributed by atoms with E-state index < -0.39 is 4.92 Å². The highest BCUT2D eigenvalue weighted by molar-refractivity contribution is 6.06. The number of allylic oxidation sites excluding steroid dienone is 2. The summed E-state index contributed by atoms with van der Waals surface area (Å²) in [4.78, 5) is 36.6. The summed E-state index contributed by atoms with van der Waals surface area (Å²) in [7, 11) is 1.46. The maximum atomic E-state index is 13.0. The summed E-state index contributed by atoms with van der Waals surface area (Å²) in [6.45, 7) is 0. The molecule has 9 heteroatoms. The van der Waals surface area contributed by atoms with Crippen LogP contribution >= 0.6 is 0 Å². The van der Waals surface area contributed by atoms with Gasteiger partial charge >= 0.3 is 0 Å². The number of nitro groups is 1. The molecule has 1 aromatic carbocycles. The Balaban J connectivity index is 1.26. The summed E-state index contributed by atoms with van der Waals surface area (Å²) in [5.41, 5.74) is 0.326. The van der Waals surface area contributed by atoms with E-state index in [0.717, 1.165) is 11.4 Å². The number of methoxy groups -OCH3 is 1. The predicted molar refractivity (Wildman–Crippen MR) is 111 cm³/mol. The Kier molecular flexibility index (Phi) is 3.93. The Morgan fingerprint density at radius 1 is 1.12 bits per heavy atom. The fourth-order valence-corrected chi connectivity index (χ4v) is 5.74. The number of nitrogens with zero attached hydrogens (tertiary/aromatic N) is 3. The van der Waals surface area contributed by atoms with Gasteiger partial charge in [0.15, 0.2) is 0 Å². The highest BCUT2D eigenvalue weighted by Gasteiger charge is 2.67. The highest BCUT2D eigenvalue weighted by atomic mass is 16.6. The first-order chi connectivity index (χ1) is 15.5. The summed E-state index contributed by atoms with van der Waals surface area (Å²) < 4.78 is 11.0. The van der Waals surface area contributed by atoms with Crippen molar-refractivity contribution in [2.45, 2.75) is 6.42 Å². The average Bonchev–Trinajstić information content (AvgIpc) is 3.44. The molecule has 5 aliphatic rings. The summed E-state index contributed by atoms with van der Waals surface area (Å²) in [5, 5.41) is 16.3. The van der Waals surface area contributed by atoms with Gasteiger partial charge in [-0.1, -0.05) is 12.2 Å². The number of amides is 2. The Labute approximate surface area is 182 Å². The van der Waals surface area contributed by atoms with Crippen molar-refractivity contribution in [3.8, 4) is 17.1 Å². The van der Waals surface area contributed by atoms with Gasteiger partial charge in [-0.2, -0.15) is 10.1 Å². The second kappa shape index (κ2) is 6.62. The molecule has 4 aliphatic carbocycles. The van der Waals surface area contributed by atoms with Crippen LogP contribution < -0.4 is 4.74 Å². The Hall–Kier alpha value is -3.75. The number of non-ortho nitro benzene ring substituents is 1. The van der Waals surface area contributed by atoms with Crippen molar-refractivity contribution in [1.29, 1.82) is 0 Å². The topological polar surface area (TPSA) is 115 Å². The molecule has 1 aromatic heterocycles. The lowest BCUT2D eigenvalue weighted by atomic mass is 9.63. The Morgan fingerprint density at radius 2 is 1.81 bits per heavy atom. The van der Waals surface area contributed by atoms with Crippen LogP contribution in [0.5, 0.6) is 5.75 Å². The number of carbonyl (C=O) groups excluding carboxylic acids is 2. The summed E-state index contributed by atoms with van der Waals surface area (Å²) in [5.74, 6) is 1.33. The van der Waals surface area contributed by atoms with Gasteiger partial charge in [0.1, 0.15) is 17.3 Å². The summed E-state index contributed by atoms with van der Waals surface area (Å²) >= 11 is 0. The number of rotatable bonds is 5. The molecule has 0 unspecified atom stereocenters. The Bertz CT molecular complexity index is 1190. The molecule has 162 valence electrons. The second-order valence-electron chi connectivity index (χ2n) is 8.73. The number of hydrogen-bond acceptors (Lipinski definition) is 7. The number of carbonyl (C=O) groups is 2. The molecular formula is C23H19N3O6. The van der Waals surface area contributed by atoms with E-state index >= 15 is 0 Å². The molecule has 9 nitrogen and oxygen atoms in total. The fraction of sp³-hybridized carbons (Fsp3) is 0.348. The van der Waals surface area contributed by atoms with Gasteiger partial charge in [0.05, 0.1) is 35.6 Å². The van der Waals surface area contributed by atoms with E-state index in [-0.39, 0.29) is 41.2 Å². The summed E-state index contributed by atoms with van der Waals surface area (Å²) in [6, 6.07) is 7.47. The molecule has 2 saturated carbocycles.